The average Bonchev–Trinajstić information content (AvgIpc) is 3.62. The van der Waals surface area contributed by atoms with Crippen LogP contribution in [0.1, 0.15) is 45.8 Å². The molecule has 0 saturated heterocycles. The monoisotopic (exact) mass is 538 g/mol. The molecular formula is C36H34N4O. The second kappa shape index (κ2) is 11.4. The number of benzene rings is 4. The summed E-state index contributed by atoms with van der Waals surface area (Å²) in [7, 11) is 4.03. The van der Waals surface area contributed by atoms with Gasteiger partial charge in [0.05, 0.1) is 36.4 Å². The van der Waals surface area contributed by atoms with E-state index < -0.39 is 0 Å². The summed E-state index contributed by atoms with van der Waals surface area (Å²) in [5.74, 6) is 0. The van der Waals surface area contributed by atoms with Gasteiger partial charge in [0.15, 0.2) is 0 Å². The number of aromatic nitrogens is 4. The predicted molar refractivity (Wildman–Crippen MR) is 164 cm³/mol. The first-order valence-corrected chi connectivity index (χ1v) is 13.9. The molecule has 0 amide bonds. The predicted octanol–water partition coefficient (Wildman–Crippen LogP) is 8.00. The van der Waals surface area contributed by atoms with Crippen LogP contribution >= 0.6 is 0 Å². The lowest BCUT2D eigenvalue weighted by Crippen LogP contribution is -2.17. The molecule has 0 fully saturated rings. The molecule has 0 saturated carbocycles. The Balaban J connectivity index is 1.47. The zero-order chi connectivity index (χ0) is 28.3. The SMILES string of the molecule is Cc1ccccc1-c1cccc(C(OC(c2cccc(-c3ccccc3C)c2)c2cncn2C)c2cncn2C)c1. The summed E-state index contributed by atoms with van der Waals surface area (Å²) < 4.78 is 11.3. The Hall–Kier alpha value is -4.74. The molecular weight excluding hydrogens is 504 g/mol. The second-order valence-electron chi connectivity index (χ2n) is 10.6. The van der Waals surface area contributed by atoms with Crippen LogP contribution in [0.5, 0.6) is 0 Å². The molecule has 6 aromatic rings. The molecule has 2 aromatic heterocycles. The van der Waals surface area contributed by atoms with Gasteiger partial charge in [-0.2, -0.15) is 0 Å². The lowest BCUT2D eigenvalue weighted by Gasteiger charge is -2.27. The first-order chi connectivity index (χ1) is 20.0. The van der Waals surface area contributed by atoms with Gasteiger partial charge in [-0.1, -0.05) is 84.9 Å². The van der Waals surface area contributed by atoms with Crippen molar-refractivity contribution < 1.29 is 4.74 Å². The van der Waals surface area contributed by atoms with Gasteiger partial charge < -0.3 is 13.9 Å². The third-order valence-electron chi connectivity index (χ3n) is 7.81. The first-order valence-electron chi connectivity index (χ1n) is 13.9. The van der Waals surface area contributed by atoms with E-state index in [1.165, 1.54) is 22.3 Å². The summed E-state index contributed by atoms with van der Waals surface area (Å²) in [5.41, 5.74) is 11.3. The summed E-state index contributed by atoms with van der Waals surface area (Å²) in [6.07, 6.45) is 6.72. The van der Waals surface area contributed by atoms with Crippen molar-refractivity contribution in [2.24, 2.45) is 14.1 Å². The molecule has 0 aliphatic carbocycles. The third kappa shape index (κ3) is 5.37. The Morgan fingerprint density at radius 2 is 1.00 bits per heavy atom. The van der Waals surface area contributed by atoms with E-state index in [0.717, 1.165) is 33.6 Å². The van der Waals surface area contributed by atoms with Crippen LogP contribution in [0.4, 0.5) is 0 Å². The van der Waals surface area contributed by atoms with Crippen molar-refractivity contribution in [3.63, 3.8) is 0 Å². The molecule has 0 aliphatic heterocycles. The summed E-state index contributed by atoms with van der Waals surface area (Å²) in [4.78, 5) is 8.90. The van der Waals surface area contributed by atoms with Crippen LogP contribution in [0.3, 0.4) is 0 Å². The van der Waals surface area contributed by atoms with Gasteiger partial charge >= 0.3 is 0 Å². The van der Waals surface area contributed by atoms with Crippen molar-refractivity contribution in [3.05, 3.63) is 156 Å². The van der Waals surface area contributed by atoms with Crippen molar-refractivity contribution in [1.82, 2.24) is 19.1 Å². The van der Waals surface area contributed by atoms with Crippen molar-refractivity contribution in [3.8, 4) is 22.3 Å². The van der Waals surface area contributed by atoms with Gasteiger partial charge in [0.2, 0.25) is 0 Å². The molecule has 5 nitrogen and oxygen atoms in total. The maximum atomic E-state index is 7.19. The highest BCUT2D eigenvalue weighted by atomic mass is 16.5. The van der Waals surface area contributed by atoms with E-state index in [-0.39, 0.29) is 12.2 Å². The van der Waals surface area contributed by atoms with E-state index >= 15 is 0 Å². The highest BCUT2D eigenvalue weighted by Crippen LogP contribution is 2.38. The van der Waals surface area contributed by atoms with Crippen LogP contribution in [0, 0.1) is 13.8 Å². The lowest BCUT2D eigenvalue weighted by atomic mass is 9.95. The smallest absolute Gasteiger partial charge is 0.125 e. The van der Waals surface area contributed by atoms with Crippen LogP contribution < -0.4 is 0 Å². The van der Waals surface area contributed by atoms with E-state index in [2.05, 4.69) is 121 Å². The summed E-state index contributed by atoms with van der Waals surface area (Å²) in [6.45, 7) is 4.30. The first kappa shape index (κ1) is 26.5. The van der Waals surface area contributed by atoms with E-state index in [0.29, 0.717) is 0 Å². The lowest BCUT2D eigenvalue weighted by molar-refractivity contribution is 0.0233. The Morgan fingerprint density at radius 1 is 0.561 bits per heavy atom. The summed E-state index contributed by atoms with van der Waals surface area (Å²) in [5, 5.41) is 0. The summed E-state index contributed by atoms with van der Waals surface area (Å²) >= 11 is 0. The van der Waals surface area contributed by atoms with Crippen LogP contribution in [-0.2, 0) is 18.8 Å². The second-order valence-corrected chi connectivity index (χ2v) is 10.6. The molecule has 0 bridgehead atoms. The number of nitrogens with zero attached hydrogens (tertiary/aromatic N) is 4. The van der Waals surface area contributed by atoms with Gasteiger partial charge in [0.25, 0.3) is 0 Å². The minimum Gasteiger partial charge on any atom is -0.353 e. The minimum atomic E-state index is -0.367. The number of hydrogen-bond acceptors (Lipinski definition) is 3. The normalized spacial score (nSPS) is 12.8. The number of ether oxygens (including phenoxy) is 1. The van der Waals surface area contributed by atoms with Crippen LogP contribution in [0.2, 0.25) is 0 Å². The highest BCUT2D eigenvalue weighted by Gasteiger charge is 2.27. The Labute approximate surface area is 241 Å². The zero-order valence-corrected chi connectivity index (χ0v) is 23.9. The van der Waals surface area contributed by atoms with Gasteiger partial charge in [-0.3, -0.25) is 0 Å². The topological polar surface area (TPSA) is 44.9 Å². The molecule has 204 valence electrons. The minimum absolute atomic E-state index is 0.367. The van der Waals surface area contributed by atoms with Crippen LogP contribution in [0.25, 0.3) is 22.3 Å². The molecule has 2 unspecified atom stereocenters. The molecule has 5 heteroatoms. The molecule has 0 radical (unpaired) electrons. The van der Waals surface area contributed by atoms with Crippen molar-refractivity contribution in [1.29, 1.82) is 0 Å². The van der Waals surface area contributed by atoms with E-state index in [1.54, 1.807) is 0 Å². The van der Waals surface area contributed by atoms with Gasteiger partial charge in [-0.05, 0) is 70.5 Å². The third-order valence-corrected chi connectivity index (χ3v) is 7.81. The molecule has 2 heterocycles. The number of imidazole rings is 2. The maximum absolute atomic E-state index is 7.19. The fraction of sp³-hybridized carbons (Fsp3) is 0.167. The molecule has 0 spiro atoms. The molecule has 0 aliphatic rings. The fourth-order valence-corrected chi connectivity index (χ4v) is 5.55. The number of rotatable bonds is 8. The average molecular weight is 539 g/mol. The van der Waals surface area contributed by atoms with E-state index in [1.807, 2.05) is 48.3 Å². The quantitative estimate of drug-likeness (QED) is 0.197. The largest absolute Gasteiger partial charge is 0.353 e. The molecule has 4 aromatic carbocycles. The molecule has 41 heavy (non-hydrogen) atoms. The Bertz CT molecular complexity index is 1670. The van der Waals surface area contributed by atoms with Gasteiger partial charge in [0.1, 0.15) is 12.2 Å². The summed E-state index contributed by atoms with van der Waals surface area (Å²) in [6, 6.07) is 34.3. The van der Waals surface area contributed by atoms with Crippen molar-refractivity contribution >= 4 is 0 Å². The fourth-order valence-electron chi connectivity index (χ4n) is 5.55. The number of hydrogen-bond donors (Lipinski definition) is 0. The van der Waals surface area contributed by atoms with Gasteiger partial charge in [-0.15, -0.1) is 0 Å². The Kier molecular flexibility index (Phi) is 7.36. The van der Waals surface area contributed by atoms with Gasteiger partial charge in [0, 0.05) is 14.1 Å². The van der Waals surface area contributed by atoms with Gasteiger partial charge in [-0.25, -0.2) is 9.97 Å². The van der Waals surface area contributed by atoms with E-state index in [9.17, 15) is 0 Å². The zero-order valence-electron chi connectivity index (χ0n) is 23.9. The standard InChI is InChI=1S/C36H34N4O/c1-25-11-5-7-17-31(25)27-13-9-15-29(19-27)35(33-21-37-23-39(33)3)41-36(34-22-38-24-40(34)4)30-16-10-14-28(20-30)32-18-8-6-12-26(32)2/h5-24,35-36H,1-4H3. The number of aryl methyl sites for hydroxylation is 4. The van der Waals surface area contributed by atoms with E-state index in [4.69, 9.17) is 4.74 Å². The van der Waals surface area contributed by atoms with Crippen molar-refractivity contribution in [2.75, 3.05) is 0 Å². The molecule has 6 rings (SSSR count). The van der Waals surface area contributed by atoms with Crippen molar-refractivity contribution in [2.45, 2.75) is 26.1 Å². The maximum Gasteiger partial charge on any atom is 0.125 e. The molecule has 2 atom stereocenters. The Morgan fingerprint density at radius 3 is 1.39 bits per heavy atom. The highest BCUT2D eigenvalue weighted by molar-refractivity contribution is 5.69. The van der Waals surface area contributed by atoms with Crippen LogP contribution in [0.15, 0.2) is 122 Å². The van der Waals surface area contributed by atoms with Crippen LogP contribution in [-0.4, -0.2) is 19.1 Å². The molecule has 0 N–H and O–H groups in total.